The van der Waals surface area contributed by atoms with Crippen LogP contribution < -0.4 is 5.73 Å². The molecule has 0 aliphatic heterocycles. The van der Waals surface area contributed by atoms with Crippen LogP contribution in [0.4, 0.5) is 0 Å². The van der Waals surface area contributed by atoms with E-state index in [4.69, 9.17) is 10.8 Å². The number of aliphatic carboxylic acids is 1. The quantitative estimate of drug-likeness (QED) is 0.427. The van der Waals surface area contributed by atoms with E-state index in [1.54, 1.807) is 0 Å². The van der Waals surface area contributed by atoms with Gasteiger partial charge in [-0.3, -0.25) is 9.59 Å². The van der Waals surface area contributed by atoms with Gasteiger partial charge in [0.2, 0.25) is 5.91 Å². The number of hydrogen-bond donors (Lipinski definition) is 3. The van der Waals surface area contributed by atoms with Gasteiger partial charge in [0.1, 0.15) is 6.54 Å². The van der Waals surface area contributed by atoms with Gasteiger partial charge in [0.05, 0.1) is 6.04 Å². The molecule has 0 aliphatic rings. The molecular formula is C10H20N2O3S. The van der Waals surface area contributed by atoms with Crippen molar-refractivity contribution in [3.05, 3.63) is 0 Å². The first-order valence-corrected chi connectivity index (χ1v) is 6.03. The predicted molar refractivity (Wildman–Crippen MR) is 65.6 cm³/mol. The summed E-state index contributed by atoms with van der Waals surface area (Å²) in [4.78, 5) is 23.6. The summed E-state index contributed by atoms with van der Waals surface area (Å²) in [6, 6.07) is -0.718. The van der Waals surface area contributed by atoms with Crippen LogP contribution in [0.5, 0.6) is 0 Å². The zero-order valence-corrected chi connectivity index (χ0v) is 10.4. The highest BCUT2D eigenvalue weighted by molar-refractivity contribution is 7.80. The van der Waals surface area contributed by atoms with E-state index in [-0.39, 0.29) is 18.2 Å². The summed E-state index contributed by atoms with van der Waals surface area (Å²) in [6.07, 6.45) is 2.79. The van der Waals surface area contributed by atoms with Gasteiger partial charge in [-0.05, 0) is 6.42 Å². The Labute approximate surface area is 101 Å². The molecular weight excluding hydrogens is 228 g/mol. The van der Waals surface area contributed by atoms with Crippen molar-refractivity contribution in [1.29, 1.82) is 0 Å². The number of unbranched alkanes of at least 4 members (excludes halogenated alkanes) is 2. The van der Waals surface area contributed by atoms with E-state index in [0.717, 1.165) is 19.3 Å². The zero-order valence-electron chi connectivity index (χ0n) is 9.56. The molecule has 1 atom stereocenters. The summed E-state index contributed by atoms with van der Waals surface area (Å²) in [5, 5.41) is 8.69. The first-order valence-electron chi connectivity index (χ1n) is 5.40. The molecule has 0 saturated carbocycles. The number of carboxylic acid groups (broad SMARTS) is 1. The van der Waals surface area contributed by atoms with Gasteiger partial charge in [-0.2, -0.15) is 12.6 Å². The van der Waals surface area contributed by atoms with Crippen LogP contribution in [0.2, 0.25) is 0 Å². The summed E-state index contributed by atoms with van der Waals surface area (Å²) in [5.41, 5.74) is 5.54. The van der Waals surface area contributed by atoms with Crippen molar-refractivity contribution >= 4 is 24.5 Å². The minimum absolute atomic E-state index is 0.225. The molecule has 0 unspecified atom stereocenters. The predicted octanol–water partition coefficient (Wildman–Crippen LogP) is 0.347. The fourth-order valence-electron chi connectivity index (χ4n) is 1.30. The van der Waals surface area contributed by atoms with Crippen molar-refractivity contribution in [1.82, 2.24) is 4.90 Å². The lowest BCUT2D eigenvalue weighted by atomic mass is 10.2. The molecule has 0 aromatic carbocycles. The van der Waals surface area contributed by atoms with Crippen molar-refractivity contribution < 1.29 is 14.7 Å². The minimum Gasteiger partial charge on any atom is -0.480 e. The van der Waals surface area contributed by atoms with Gasteiger partial charge in [0, 0.05) is 12.3 Å². The molecule has 6 heteroatoms. The third-order valence-electron chi connectivity index (χ3n) is 2.18. The number of thiol groups is 1. The average molecular weight is 248 g/mol. The summed E-state index contributed by atoms with van der Waals surface area (Å²) >= 11 is 3.93. The fourth-order valence-corrected chi connectivity index (χ4v) is 1.45. The number of carboxylic acids is 1. The maximum Gasteiger partial charge on any atom is 0.323 e. The van der Waals surface area contributed by atoms with Gasteiger partial charge in [-0.25, -0.2) is 0 Å². The van der Waals surface area contributed by atoms with E-state index in [2.05, 4.69) is 12.6 Å². The lowest BCUT2D eigenvalue weighted by Crippen LogP contribution is -2.47. The highest BCUT2D eigenvalue weighted by Gasteiger charge is 2.21. The molecule has 94 valence electrons. The maximum atomic E-state index is 11.7. The summed E-state index contributed by atoms with van der Waals surface area (Å²) in [7, 11) is 0. The fraction of sp³-hybridized carbons (Fsp3) is 0.800. The Hall–Kier alpha value is -0.750. The Morgan fingerprint density at radius 3 is 2.50 bits per heavy atom. The first kappa shape index (κ1) is 15.2. The van der Waals surface area contributed by atoms with Crippen LogP contribution in [0.1, 0.15) is 26.2 Å². The normalized spacial score (nSPS) is 12.2. The largest absolute Gasteiger partial charge is 0.480 e. The molecule has 0 spiro atoms. The van der Waals surface area contributed by atoms with Crippen molar-refractivity contribution in [2.24, 2.45) is 5.73 Å². The second kappa shape index (κ2) is 8.41. The summed E-state index contributed by atoms with van der Waals surface area (Å²) in [6.45, 7) is 2.20. The molecule has 0 aliphatic carbocycles. The number of carbonyl (C=O) groups excluding carboxylic acids is 1. The summed E-state index contributed by atoms with van der Waals surface area (Å²) < 4.78 is 0. The lowest BCUT2D eigenvalue weighted by Gasteiger charge is -2.23. The van der Waals surface area contributed by atoms with Crippen LogP contribution in [-0.4, -0.2) is 46.8 Å². The molecule has 0 aromatic rings. The molecule has 0 aromatic heterocycles. The molecule has 0 heterocycles. The Morgan fingerprint density at radius 2 is 2.06 bits per heavy atom. The maximum absolute atomic E-state index is 11.7. The average Bonchev–Trinajstić information content (AvgIpc) is 2.25. The standard InChI is InChI=1S/C10H20N2O3S/c1-2-3-4-5-12(6-9(13)14)10(15)8(11)7-16/h8,16H,2-7,11H2,1H3,(H,13,14)/t8-/m1/s1. The van der Waals surface area contributed by atoms with Crippen molar-refractivity contribution in [2.45, 2.75) is 32.2 Å². The Kier molecular flexibility index (Phi) is 8.01. The van der Waals surface area contributed by atoms with Gasteiger partial charge in [-0.15, -0.1) is 0 Å². The molecule has 0 saturated heterocycles. The van der Waals surface area contributed by atoms with Crippen LogP contribution >= 0.6 is 12.6 Å². The monoisotopic (exact) mass is 248 g/mol. The molecule has 16 heavy (non-hydrogen) atoms. The van der Waals surface area contributed by atoms with Crippen LogP contribution in [0.25, 0.3) is 0 Å². The topological polar surface area (TPSA) is 83.6 Å². The molecule has 0 radical (unpaired) electrons. The highest BCUT2D eigenvalue weighted by atomic mass is 32.1. The van der Waals surface area contributed by atoms with E-state index in [0.29, 0.717) is 6.54 Å². The SMILES string of the molecule is CCCCCN(CC(=O)O)C(=O)[C@H](N)CS. The molecule has 5 nitrogen and oxygen atoms in total. The van der Waals surface area contributed by atoms with E-state index >= 15 is 0 Å². The van der Waals surface area contributed by atoms with Crippen molar-refractivity contribution in [3.8, 4) is 0 Å². The van der Waals surface area contributed by atoms with Crippen LogP contribution in [0, 0.1) is 0 Å². The third-order valence-corrected chi connectivity index (χ3v) is 2.58. The van der Waals surface area contributed by atoms with Crippen LogP contribution in [-0.2, 0) is 9.59 Å². The van der Waals surface area contributed by atoms with Crippen molar-refractivity contribution in [3.63, 3.8) is 0 Å². The lowest BCUT2D eigenvalue weighted by molar-refractivity contribution is -0.144. The number of carbonyl (C=O) groups is 2. The smallest absolute Gasteiger partial charge is 0.323 e. The Morgan fingerprint density at radius 1 is 1.44 bits per heavy atom. The zero-order chi connectivity index (χ0) is 12.6. The molecule has 3 N–H and O–H groups in total. The van der Waals surface area contributed by atoms with E-state index in [9.17, 15) is 9.59 Å². The molecule has 0 bridgehead atoms. The third kappa shape index (κ3) is 5.97. The van der Waals surface area contributed by atoms with Crippen LogP contribution in [0.15, 0.2) is 0 Å². The van der Waals surface area contributed by atoms with E-state index < -0.39 is 12.0 Å². The molecule has 1 amide bonds. The van der Waals surface area contributed by atoms with Gasteiger partial charge < -0.3 is 15.7 Å². The van der Waals surface area contributed by atoms with Gasteiger partial charge in [-0.1, -0.05) is 19.8 Å². The molecule has 0 rings (SSSR count). The number of amides is 1. The number of nitrogens with zero attached hydrogens (tertiary/aromatic N) is 1. The second-order valence-electron chi connectivity index (χ2n) is 3.65. The number of nitrogens with two attached hydrogens (primary N) is 1. The first-order chi connectivity index (χ1) is 7.52. The van der Waals surface area contributed by atoms with Gasteiger partial charge >= 0.3 is 5.97 Å². The minimum atomic E-state index is -1.02. The molecule has 0 fully saturated rings. The second-order valence-corrected chi connectivity index (χ2v) is 4.01. The highest BCUT2D eigenvalue weighted by Crippen LogP contribution is 2.01. The van der Waals surface area contributed by atoms with Crippen molar-refractivity contribution in [2.75, 3.05) is 18.8 Å². The Bertz CT molecular complexity index is 236. The van der Waals surface area contributed by atoms with E-state index in [1.165, 1.54) is 4.90 Å². The van der Waals surface area contributed by atoms with Crippen LogP contribution in [0.3, 0.4) is 0 Å². The number of hydrogen-bond acceptors (Lipinski definition) is 4. The number of rotatable bonds is 8. The summed E-state index contributed by atoms with van der Waals surface area (Å²) in [5.74, 6) is -1.13. The van der Waals surface area contributed by atoms with Gasteiger partial charge in [0.15, 0.2) is 0 Å². The Balaban J connectivity index is 4.28. The van der Waals surface area contributed by atoms with Gasteiger partial charge in [0.25, 0.3) is 0 Å². The van der Waals surface area contributed by atoms with E-state index in [1.807, 2.05) is 6.92 Å².